The Morgan fingerprint density at radius 1 is 0.909 bits per heavy atom. The first-order chi connectivity index (χ1) is 4.41. The molecule has 0 aromatic carbocycles. The van der Waals surface area contributed by atoms with Gasteiger partial charge in [-0.15, -0.1) is 0 Å². The van der Waals surface area contributed by atoms with Gasteiger partial charge in [0.2, 0.25) is 0 Å². The first kappa shape index (κ1) is 10.3. The predicted octanol–water partition coefficient (Wildman–Crippen LogP) is -2.91. The number of rotatable bonds is 2. The summed E-state index contributed by atoms with van der Waals surface area (Å²) in [6, 6.07) is 0. The van der Waals surface area contributed by atoms with Gasteiger partial charge in [0.1, 0.15) is 0 Å². The molecule has 0 fully saturated rings. The topological polar surface area (TPSA) is 190 Å². The molecule has 0 aliphatic carbocycles. The van der Waals surface area contributed by atoms with Gasteiger partial charge in [-0.3, -0.25) is 0 Å². The molecule has 0 aromatic heterocycles. The van der Waals surface area contributed by atoms with E-state index in [1.54, 1.807) is 0 Å². The van der Waals surface area contributed by atoms with Gasteiger partial charge in [0.25, 0.3) is 0 Å². The summed E-state index contributed by atoms with van der Waals surface area (Å²) < 4.78 is 15.2. The summed E-state index contributed by atoms with van der Waals surface area (Å²) in [5.74, 6) is 0. The summed E-state index contributed by atoms with van der Waals surface area (Å²) in [4.78, 5) is 20.1. The van der Waals surface area contributed by atoms with Crippen LogP contribution in [-0.4, -0.2) is 6.96 Å². The Labute approximate surface area is 60.0 Å². The van der Waals surface area contributed by atoms with E-state index in [2.05, 4.69) is 17.2 Å². The van der Waals surface area contributed by atoms with E-state index in [9.17, 15) is 20.2 Å². The van der Waals surface area contributed by atoms with Gasteiger partial charge in [0.05, 0.1) is 0 Å². The zero-order valence-electron chi connectivity index (χ0n) is 5.15. The van der Waals surface area contributed by atoms with Crippen molar-refractivity contribution in [1.29, 1.82) is 0 Å². The molecule has 0 radical (unpaired) electrons. The summed E-state index contributed by atoms with van der Waals surface area (Å²) in [5.41, 5.74) is 0. The van der Waals surface area contributed by atoms with E-state index in [4.69, 9.17) is 0 Å². The molecule has 72 valence electrons. The van der Waals surface area contributed by atoms with E-state index in [0.717, 1.165) is 0 Å². The molecule has 0 rings (SSSR count). The fourth-order valence-electron chi connectivity index (χ4n) is 0.0422. The molecule has 0 saturated heterocycles. The van der Waals surface area contributed by atoms with Crippen LogP contribution in [0, 0.1) is 20.2 Å². The van der Waals surface area contributed by atoms with Crippen LogP contribution in [0.2, 0.25) is 0 Å². The fourth-order valence-corrected chi connectivity index (χ4v) is 0.345. The molecule has 0 bridgehead atoms. The Balaban J connectivity index is 5.57. The molecule has 0 aromatic rings. The van der Waals surface area contributed by atoms with Gasteiger partial charge in [-0.05, 0) is 0 Å². The molecule has 0 amide bonds. The van der Waals surface area contributed by atoms with E-state index in [1.165, 1.54) is 0 Å². The summed E-state index contributed by atoms with van der Waals surface area (Å²) in [7, 11) is 0. The van der Waals surface area contributed by atoms with Gasteiger partial charge in [-0.2, -0.15) is 0 Å². The minimum atomic E-state index is -7.08. The molecule has 0 atom stereocenters. The second-order valence-corrected chi connectivity index (χ2v) is 13.1. The summed E-state index contributed by atoms with van der Waals surface area (Å²) in [6.45, 7) is 0. The van der Waals surface area contributed by atoms with E-state index in [1.807, 2.05) is 0 Å². The van der Waals surface area contributed by atoms with Crippen molar-refractivity contribution in [2.24, 2.45) is 17.2 Å². The maximum atomic E-state index is 10.1. The predicted molar refractivity (Wildman–Crippen MR) is 30.7 cm³/mol. The number of nitro groups is 2. The van der Waals surface area contributed by atoms with E-state index in [-0.39, 0.29) is 0 Å². The molecule has 0 heterocycles. The Hall–Kier alpha value is -0.672. The number of nitrogens with zero attached hydrogens (tertiary/aromatic N) is 2. The van der Waals surface area contributed by atoms with Crippen molar-refractivity contribution in [3.8, 4) is 0 Å². The monoisotopic (exact) mass is 351 g/mol. The number of hydrogen-bond acceptors (Lipinski definition) is 8. The van der Waals surface area contributed by atoms with Gasteiger partial charge in [0.15, 0.2) is 0 Å². The first-order valence-corrected chi connectivity index (χ1v) is 9.02. The molecule has 0 aliphatic rings. The third-order valence-corrected chi connectivity index (χ3v) is 5.21. The normalized spacial score (nSPS) is 18.2. The average Bonchev–Trinajstić information content (AvgIpc) is 1.61. The molecule has 11 heavy (non-hydrogen) atoms. The Morgan fingerprint density at radius 3 is 1.09 bits per heavy atom. The first-order valence-electron chi connectivity index (χ1n) is 1.74. The van der Waals surface area contributed by atoms with Gasteiger partial charge < -0.3 is 0 Å². The van der Waals surface area contributed by atoms with Crippen molar-refractivity contribution >= 4 is 0 Å². The van der Waals surface area contributed by atoms with Gasteiger partial charge in [0, 0.05) is 0 Å². The van der Waals surface area contributed by atoms with E-state index >= 15 is 0 Å². The summed E-state index contributed by atoms with van der Waals surface area (Å²) in [5, 5.41) is 20.1. The molecular formula is H8N6O4Pt. The SMILES string of the molecule is [NH2][Pt]([NH2])([NH2])([NH2])([N+](=O)[O-])[N+](=O)[O-]. The number of hydrogen-bond donors (Lipinski definition) is 4. The van der Waals surface area contributed by atoms with Crippen molar-refractivity contribution in [3.05, 3.63) is 20.2 Å². The third kappa shape index (κ3) is 1.34. The molecular weight excluding hydrogens is 343 g/mol. The Kier molecular flexibility index (Phi) is 1.47. The summed E-state index contributed by atoms with van der Waals surface area (Å²) >= 11 is -7.08. The number of nitrogens with two attached hydrogens (primary N) is 4. The van der Waals surface area contributed by atoms with Crippen LogP contribution < -0.4 is 17.2 Å². The van der Waals surface area contributed by atoms with Crippen LogP contribution in [0.4, 0.5) is 0 Å². The van der Waals surface area contributed by atoms with Crippen LogP contribution in [0.1, 0.15) is 0 Å². The van der Waals surface area contributed by atoms with Crippen molar-refractivity contribution in [2.45, 2.75) is 0 Å². The Morgan fingerprint density at radius 2 is 1.09 bits per heavy atom. The second kappa shape index (κ2) is 1.57. The maximum absolute atomic E-state index is 10.1. The molecule has 11 heteroatoms. The molecule has 8 N–H and O–H groups in total. The van der Waals surface area contributed by atoms with Crippen molar-refractivity contribution in [3.63, 3.8) is 0 Å². The van der Waals surface area contributed by atoms with Gasteiger partial charge in [-0.1, -0.05) is 0 Å². The van der Waals surface area contributed by atoms with Crippen molar-refractivity contribution < 1.29 is 22.0 Å². The molecule has 10 nitrogen and oxygen atoms in total. The van der Waals surface area contributed by atoms with Crippen LogP contribution >= 0.6 is 0 Å². The van der Waals surface area contributed by atoms with Crippen LogP contribution in [0.3, 0.4) is 0 Å². The van der Waals surface area contributed by atoms with Crippen molar-refractivity contribution in [2.75, 3.05) is 0 Å². The quantitative estimate of drug-likeness (QED) is 0.300. The van der Waals surface area contributed by atoms with Crippen LogP contribution in [0.15, 0.2) is 0 Å². The van der Waals surface area contributed by atoms with E-state index < -0.39 is 22.0 Å². The average molecular weight is 351 g/mol. The molecule has 0 aliphatic heterocycles. The molecule has 0 spiro atoms. The standard InChI is InChI=1S/2NO2.4H2N.Pt/c2*2-1-3;;;;;/h;;4*1H2;/q;;4*-1;+4. The van der Waals surface area contributed by atoms with Crippen LogP contribution in [0.25, 0.3) is 0 Å². The minimum absolute atomic E-state index is 1.60. The molecule has 0 unspecified atom stereocenters. The Bertz CT molecular complexity index is 212. The van der Waals surface area contributed by atoms with Gasteiger partial charge in [-0.25, -0.2) is 0 Å². The van der Waals surface area contributed by atoms with Crippen LogP contribution in [0.5, 0.6) is 0 Å². The van der Waals surface area contributed by atoms with Crippen LogP contribution in [-0.2, 0) is 15.1 Å². The summed E-state index contributed by atoms with van der Waals surface area (Å²) in [6.07, 6.45) is 0. The zero-order chi connectivity index (χ0) is 9.56. The third-order valence-electron chi connectivity index (χ3n) is 0.637. The van der Waals surface area contributed by atoms with Gasteiger partial charge >= 0.3 is 59.4 Å². The van der Waals surface area contributed by atoms with E-state index in [0.29, 0.717) is 0 Å². The second-order valence-electron chi connectivity index (χ2n) is 1.73. The zero-order valence-corrected chi connectivity index (χ0v) is 7.43. The molecule has 0 saturated carbocycles. The van der Waals surface area contributed by atoms with Crippen molar-refractivity contribution in [1.82, 2.24) is 0 Å². The fraction of sp³-hybridized carbons (Fsp3) is 0.